The minimum Gasteiger partial charge on any atom is -0.447 e. The Morgan fingerprint density at radius 1 is 1.31 bits per heavy atom. The number of hydrogen-bond donors (Lipinski definition) is 1. The van der Waals surface area contributed by atoms with Crippen molar-refractivity contribution in [1.82, 2.24) is 5.32 Å². The summed E-state index contributed by atoms with van der Waals surface area (Å²) in [4.78, 5) is 10.8. The first kappa shape index (κ1) is 8.80. The number of rotatable bonds is 0. The molecule has 2 rings (SSSR count). The zero-order valence-electron chi connectivity index (χ0n) is 7.08. The molecule has 0 aromatic carbocycles. The van der Waals surface area contributed by atoms with Crippen LogP contribution >= 0.6 is 0 Å². The van der Waals surface area contributed by atoms with Gasteiger partial charge in [-0.05, 0) is 12.8 Å². The molecule has 0 saturated carbocycles. The molecule has 2 aliphatic rings. The number of ether oxygens (including phenoxy) is 1. The Hall–Kier alpha value is -0.780. The molecule has 0 aromatic rings. The van der Waals surface area contributed by atoms with E-state index in [-0.39, 0.29) is 11.5 Å². The van der Waals surface area contributed by atoms with Crippen LogP contribution in [0.2, 0.25) is 0 Å². The van der Waals surface area contributed by atoms with Gasteiger partial charge in [0.05, 0.1) is 17.0 Å². The second kappa shape index (κ2) is 2.60. The molecule has 0 radical (unpaired) electrons. The van der Waals surface area contributed by atoms with Crippen molar-refractivity contribution in [3.8, 4) is 0 Å². The van der Waals surface area contributed by atoms with Gasteiger partial charge in [-0.3, -0.25) is 0 Å². The van der Waals surface area contributed by atoms with Gasteiger partial charge in [0, 0.05) is 0 Å². The smallest absolute Gasteiger partial charge is 0.407 e. The summed E-state index contributed by atoms with van der Waals surface area (Å²) >= 11 is 0. The molecule has 1 spiro atoms. The van der Waals surface area contributed by atoms with Crippen LogP contribution in [0.4, 0.5) is 4.79 Å². The molecule has 5 nitrogen and oxygen atoms in total. The molecule has 2 heterocycles. The zero-order chi connectivity index (χ0) is 9.53. The van der Waals surface area contributed by atoms with Crippen LogP contribution in [0.5, 0.6) is 0 Å². The fraction of sp³-hybridized carbons (Fsp3) is 0.857. The van der Waals surface area contributed by atoms with Crippen molar-refractivity contribution in [3.63, 3.8) is 0 Å². The molecule has 0 aromatic heterocycles. The summed E-state index contributed by atoms with van der Waals surface area (Å²) in [7, 11) is -2.87. The second-order valence-corrected chi connectivity index (χ2v) is 5.94. The summed E-state index contributed by atoms with van der Waals surface area (Å²) < 4.78 is 27.0. The minimum absolute atomic E-state index is 0.149. The Kier molecular flexibility index (Phi) is 1.76. The normalized spacial score (nSPS) is 29.7. The van der Waals surface area contributed by atoms with Gasteiger partial charge < -0.3 is 10.1 Å². The first-order valence-corrected chi connectivity index (χ1v) is 5.99. The van der Waals surface area contributed by atoms with Crippen LogP contribution in [0.15, 0.2) is 0 Å². The third-order valence-electron chi connectivity index (χ3n) is 2.63. The summed E-state index contributed by atoms with van der Waals surface area (Å²) in [5, 5.41) is 2.68. The Labute approximate surface area is 76.4 Å². The van der Waals surface area contributed by atoms with Crippen molar-refractivity contribution in [2.45, 2.75) is 18.4 Å². The van der Waals surface area contributed by atoms with Gasteiger partial charge in [0.2, 0.25) is 0 Å². The lowest BCUT2D eigenvalue weighted by atomic mass is 9.94. The van der Waals surface area contributed by atoms with Gasteiger partial charge in [-0.1, -0.05) is 0 Å². The summed E-state index contributed by atoms with van der Waals surface area (Å²) in [6, 6.07) is 0. The van der Waals surface area contributed by atoms with Crippen molar-refractivity contribution in [2.24, 2.45) is 0 Å². The number of sulfone groups is 1. The molecule has 0 atom stereocenters. The van der Waals surface area contributed by atoms with Crippen molar-refractivity contribution in [3.05, 3.63) is 0 Å². The lowest BCUT2D eigenvalue weighted by Crippen LogP contribution is -2.49. The fourth-order valence-electron chi connectivity index (χ4n) is 1.69. The number of alkyl carbamates (subject to hydrolysis) is 1. The summed E-state index contributed by atoms with van der Waals surface area (Å²) in [5.74, 6) is 0.299. The SMILES string of the molecule is O=C1NC2(CCS(=O)(=O)CC2)CO1. The van der Waals surface area contributed by atoms with Gasteiger partial charge in [-0.25, -0.2) is 13.2 Å². The number of carbonyl (C=O) groups excluding carboxylic acids is 1. The molecule has 1 amide bonds. The van der Waals surface area contributed by atoms with E-state index in [4.69, 9.17) is 4.74 Å². The van der Waals surface area contributed by atoms with E-state index in [1.807, 2.05) is 0 Å². The van der Waals surface area contributed by atoms with Crippen LogP contribution in [0, 0.1) is 0 Å². The Morgan fingerprint density at radius 2 is 1.92 bits per heavy atom. The molecular weight excluding hydrogens is 194 g/mol. The maximum Gasteiger partial charge on any atom is 0.407 e. The summed E-state index contributed by atoms with van der Waals surface area (Å²) in [6.45, 7) is 0.307. The summed E-state index contributed by atoms with van der Waals surface area (Å²) in [6.07, 6.45) is 0.515. The first-order chi connectivity index (χ1) is 6.02. The number of nitrogens with one attached hydrogen (secondary N) is 1. The van der Waals surface area contributed by atoms with E-state index < -0.39 is 21.5 Å². The van der Waals surface area contributed by atoms with Gasteiger partial charge in [0.1, 0.15) is 6.61 Å². The molecule has 74 valence electrons. The van der Waals surface area contributed by atoms with E-state index in [1.165, 1.54) is 0 Å². The first-order valence-electron chi connectivity index (χ1n) is 4.17. The van der Waals surface area contributed by atoms with E-state index >= 15 is 0 Å². The maximum absolute atomic E-state index is 11.1. The van der Waals surface area contributed by atoms with Crippen molar-refractivity contribution < 1.29 is 17.9 Å². The average molecular weight is 205 g/mol. The maximum atomic E-state index is 11.1. The van der Waals surface area contributed by atoms with E-state index in [1.54, 1.807) is 0 Å². The third-order valence-corrected chi connectivity index (χ3v) is 4.28. The number of carbonyl (C=O) groups is 1. The van der Waals surface area contributed by atoms with Crippen molar-refractivity contribution >= 4 is 15.9 Å². The second-order valence-electron chi connectivity index (χ2n) is 3.63. The van der Waals surface area contributed by atoms with Gasteiger partial charge in [0.25, 0.3) is 0 Å². The van der Waals surface area contributed by atoms with E-state index in [0.717, 1.165) is 0 Å². The Morgan fingerprint density at radius 3 is 2.38 bits per heavy atom. The molecule has 1 N–H and O–H groups in total. The van der Waals surface area contributed by atoms with Crippen LogP contribution in [-0.4, -0.2) is 38.2 Å². The lowest BCUT2D eigenvalue weighted by Gasteiger charge is -2.30. The highest BCUT2D eigenvalue weighted by atomic mass is 32.2. The van der Waals surface area contributed by atoms with Crippen molar-refractivity contribution in [2.75, 3.05) is 18.1 Å². The topological polar surface area (TPSA) is 72.5 Å². The molecule has 0 bridgehead atoms. The standard InChI is InChI=1S/C7H11NO4S/c9-6-8-7(5-12-6)1-3-13(10,11)4-2-7/h1-5H2,(H,8,9). The van der Waals surface area contributed by atoms with Gasteiger partial charge in [0.15, 0.2) is 9.84 Å². The highest BCUT2D eigenvalue weighted by Gasteiger charge is 2.43. The predicted molar refractivity (Wildman–Crippen MR) is 45.1 cm³/mol. The van der Waals surface area contributed by atoms with Crippen molar-refractivity contribution in [1.29, 1.82) is 0 Å². The van der Waals surface area contributed by atoms with Gasteiger partial charge in [-0.15, -0.1) is 0 Å². The molecule has 2 fully saturated rings. The quantitative estimate of drug-likeness (QED) is 0.588. The molecule has 0 aliphatic carbocycles. The Bertz CT molecular complexity index is 320. The highest BCUT2D eigenvalue weighted by molar-refractivity contribution is 7.91. The van der Waals surface area contributed by atoms with E-state index in [0.29, 0.717) is 19.4 Å². The highest BCUT2D eigenvalue weighted by Crippen LogP contribution is 2.27. The number of amides is 1. The van der Waals surface area contributed by atoms with Crippen LogP contribution in [0.25, 0.3) is 0 Å². The Balaban J connectivity index is 2.09. The molecule has 2 aliphatic heterocycles. The van der Waals surface area contributed by atoms with Crippen LogP contribution < -0.4 is 5.32 Å². The molecule has 6 heteroatoms. The van der Waals surface area contributed by atoms with Gasteiger partial charge >= 0.3 is 6.09 Å². The number of cyclic esters (lactones) is 1. The lowest BCUT2D eigenvalue weighted by molar-refractivity contribution is 0.170. The minimum atomic E-state index is -2.87. The molecular formula is C7H11NO4S. The van der Waals surface area contributed by atoms with E-state index in [2.05, 4.69) is 5.32 Å². The zero-order valence-corrected chi connectivity index (χ0v) is 7.89. The molecule has 13 heavy (non-hydrogen) atoms. The summed E-state index contributed by atoms with van der Waals surface area (Å²) in [5.41, 5.74) is -0.400. The van der Waals surface area contributed by atoms with E-state index in [9.17, 15) is 13.2 Å². The predicted octanol–water partition coefficient (Wildman–Crippen LogP) is -0.326. The number of hydrogen-bond acceptors (Lipinski definition) is 4. The molecule has 0 unspecified atom stereocenters. The van der Waals surface area contributed by atoms with Crippen LogP contribution in [0.3, 0.4) is 0 Å². The van der Waals surface area contributed by atoms with Gasteiger partial charge in [-0.2, -0.15) is 0 Å². The average Bonchev–Trinajstić information content (AvgIpc) is 2.41. The largest absolute Gasteiger partial charge is 0.447 e. The van der Waals surface area contributed by atoms with Crippen LogP contribution in [-0.2, 0) is 14.6 Å². The molecule has 2 saturated heterocycles. The fourth-order valence-corrected chi connectivity index (χ4v) is 3.30. The van der Waals surface area contributed by atoms with Crippen LogP contribution in [0.1, 0.15) is 12.8 Å². The monoisotopic (exact) mass is 205 g/mol. The third kappa shape index (κ3) is 1.63.